The fourth-order valence-corrected chi connectivity index (χ4v) is 3.68. The molecule has 0 saturated heterocycles. The second-order valence-electron chi connectivity index (χ2n) is 8.54. The van der Waals surface area contributed by atoms with Crippen molar-refractivity contribution in [3.05, 3.63) is 45.1 Å². The summed E-state index contributed by atoms with van der Waals surface area (Å²) in [4.78, 5) is 16.2. The standard InChI is InChI=1S/C22H15Cl2F9N6O2/c1-39-15(13(20(26,27)28)17(38-39)41-22(32,33)18(25)21(29,30)31)36-7-10(6-34)9-4-11(14(24)12(23)5-9)16(40)37-19(8-35)2-3-19/h4-7,18H,2-3,34H2,1H3,(H,37,40). The molecule has 2 aromatic rings. The van der Waals surface area contributed by atoms with E-state index in [0.29, 0.717) is 19.1 Å². The van der Waals surface area contributed by atoms with Gasteiger partial charge in [-0.3, -0.25) is 4.79 Å². The molecule has 1 saturated carbocycles. The van der Waals surface area contributed by atoms with Crippen molar-refractivity contribution in [3.8, 4) is 11.9 Å². The molecule has 1 fully saturated rings. The lowest BCUT2D eigenvalue weighted by molar-refractivity contribution is -0.306. The summed E-state index contributed by atoms with van der Waals surface area (Å²) >= 11 is 12.2. The van der Waals surface area contributed by atoms with E-state index in [1.807, 2.05) is 6.07 Å². The maximum atomic E-state index is 13.8. The molecular weight excluding hydrogens is 622 g/mol. The molecule has 222 valence electrons. The number of nitrogens with one attached hydrogen (secondary N) is 1. The quantitative estimate of drug-likeness (QED) is 0.268. The minimum absolute atomic E-state index is 0.0261. The number of rotatable bonds is 8. The highest BCUT2D eigenvalue weighted by atomic mass is 35.5. The Hall–Kier alpha value is -3.65. The number of nitrogens with two attached hydrogens (primary N) is 1. The summed E-state index contributed by atoms with van der Waals surface area (Å²) in [6, 6.07) is 4.22. The number of hydrogen-bond donors (Lipinski definition) is 2. The van der Waals surface area contributed by atoms with Crippen LogP contribution in [-0.4, -0.2) is 45.9 Å². The minimum atomic E-state index is -6.16. The van der Waals surface area contributed by atoms with Gasteiger partial charge in [-0.05, 0) is 30.5 Å². The van der Waals surface area contributed by atoms with Gasteiger partial charge in [-0.25, -0.2) is 14.1 Å². The Labute approximate surface area is 234 Å². The van der Waals surface area contributed by atoms with Crippen LogP contribution in [0.2, 0.25) is 10.0 Å². The summed E-state index contributed by atoms with van der Waals surface area (Å²) < 4.78 is 123. The zero-order valence-corrected chi connectivity index (χ0v) is 21.7. The normalized spacial score (nSPS) is 16.4. The van der Waals surface area contributed by atoms with Crippen LogP contribution < -0.4 is 15.8 Å². The van der Waals surface area contributed by atoms with Crippen LogP contribution in [0.5, 0.6) is 5.88 Å². The number of aryl methyl sites for hydroxylation is 1. The molecule has 0 radical (unpaired) electrons. The first-order valence-corrected chi connectivity index (χ1v) is 11.6. The highest BCUT2D eigenvalue weighted by Gasteiger charge is 2.60. The Bertz CT molecular complexity index is 1460. The zero-order chi connectivity index (χ0) is 31.1. The van der Waals surface area contributed by atoms with Gasteiger partial charge >= 0.3 is 18.5 Å². The number of allylic oxidation sites excluding steroid dienone is 1. The number of alkyl halides is 9. The lowest BCUT2D eigenvalue weighted by atomic mass is 10.0. The Kier molecular flexibility index (Phi) is 8.53. The van der Waals surface area contributed by atoms with E-state index in [4.69, 9.17) is 28.9 Å². The third-order valence-electron chi connectivity index (χ3n) is 5.51. The fraction of sp³-hybridized carbons (Fsp3) is 0.364. The summed E-state index contributed by atoms with van der Waals surface area (Å²) in [6.45, 7) is 0. The van der Waals surface area contributed by atoms with Crippen LogP contribution in [-0.2, 0) is 13.2 Å². The predicted molar refractivity (Wildman–Crippen MR) is 127 cm³/mol. The molecule has 1 unspecified atom stereocenters. The van der Waals surface area contributed by atoms with Gasteiger partial charge in [-0.1, -0.05) is 23.2 Å². The summed E-state index contributed by atoms with van der Waals surface area (Å²) in [6.07, 6.45) is -20.2. The van der Waals surface area contributed by atoms with Crippen molar-refractivity contribution in [2.24, 2.45) is 17.8 Å². The van der Waals surface area contributed by atoms with E-state index in [1.54, 1.807) is 0 Å². The maximum Gasteiger partial charge on any atom is 0.440 e. The van der Waals surface area contributed by atoms with Gasteiger partial charge in [-0.15, -0.1) is 5.10 Å². The summed E-state index contributed by atoms with van der Waals surface area (Å²) in [5, 5.41) is 14.2. The number of ether oxygens (including phenoxy) is 1. The first kappa shape index (κ1) is 31.9. The van der Waals surface area contributed by atoms with Crippen molar-refractivity contribution < 1.29 is 49.0 Å². The molecule has 0 aliphatic heterocycles. The number of aliphatic imine (C=N–C) groups is 1. The topological polar surface area (TPSA) is 118 Å². The molecule has 3 rings (SSSR count). The van der Waals surface area contributed by atoms with Crippen LogP contribution in [0.25, 0.3) is 5.57 Å². The largest absolute Gasteiger partial charge is 0.440 e. The lowest BCUT2D eigenvalue weighted by Gasteiger charge is -2.22. The van der Waals surface area contributed by atoms with Gasteiger partial charge in [0.2, 0.25) is 0 Å². The van der Waals surface area contributed by atoms with Crippen molar-refractivity contribution >= 4 is 46.7 Å². The average molecular weight is 637 g/mol. The molecule has 1 aliphatic carbocycles. The third-order valence-corrected chi connectivity index (χ3v) is 6.31. The van der Waals surface area contributed by atoms with Gasteiger partial charge < -0.3 is 15.8 Å². The van der Waals surface area contributed by atoms with Crippen molar-refractivity contribution in [1.82, 2.24) is 15.1 Å². The molecule has 1 aliphatic rings. The van der Waals surface area contributed by atoms with Crippen LogP contribution in [0.1, 0.15) is 34.3 Å². The van der Waals surface area contributed by atoms with Gasteiger partial charge in [0.1, 0.15) is 5.54 Å². The fourth-order valence-electron chi connectivity index (χ4n) is 3.27. The number of nitriles is 1. The van der Waals surface area contributed by atoms with E-state index in [9.17, 15) is 49.6 Å². The van der Waals surface area contributed by atoms with Crippen molar-refractivity contribution in [2.45, 2.75) is 43.0 Å². The Morgan fingerprint density at radius 3 is 2.34 bits per heavy atom. The maximum absolute atomic E-state index is 13.8. The molecule has 1 aromatic carbocycles. The molecule has 1 atom stereocenters. The van der Waals surface area contributed by atoms with Crippen molar-refractivity contribution in [2.75, 3.05) is 0 Å². The van der Waals surface area contributed by atoms with Crippen molar-refractivity contribution in [1.29, 1.82) is 5.26 Å². The van der Waals surface area contributed by atoms with Gasteiger partial charge in [0.05, 0.1) is 21.7 Å². The van der Waals surface area contributed by atoms with Crippen LogP contribution in [0.3, 0.4) is 0 Å². The summed E-state index contributed by atoms with van der Waals surface area (Å²) in [5.41, 5.74) is 1.84. The van der Waals surface area contributed by atoms with Crippen LogP contribution in [0.15, 0.2) is 23.3 Å². The first-order valence-electron chi connectivity index (χ1n) is 10.9. The van der Waals surface area contributed by atoms with E-state index >= 15 is 0 Å². The number of carbonyl (C=O) groups is 1. The number of aromatic nitrogens is 2. The first-order chi connectivity index (χ1) is 18.8. The van der Waals surface area contributed by atoms with E-state index in [2.05, 4.69) is 20.1 Å². The summed E-state index contributed by atoms with van der Waals surface area (Å²) in [5.74, 6) is -4.13. The van der Waals surface area contributed by atoms with E-state index in [-0.39, 0.29) is 31.4 Å². The Morgan fingerprint density at radius 2 is 1.85 bits per heavy atom. The monoisotopic (exact) mass is 636 g/mol. The molecule has 8 nitrogen and oxygen atoms in total. The number of halogens is 11. The smallest absolute Gasteiger partial charge is 0.410 e. The zero-order valence-electron chi connectivity index (χ0n) is 20.1. The predicted octanol–water partition coefficient (Wildman–Crippen LogP) is 6.11. The molecule has 1 heterocycles. The van der Waals surface area contributed by atoms with Gasteiger partial charge in [0.15, 0.2) is 11.4 Å². The Morgan fingerprint density at radius 1 is 1.24 bits per heavy atom. The Balaban J connectivity index is 2.01. The molecular formula is C22H15Cl2F9N6O2. The second kappa shape index (κ2) is 11.0. The number of nitrogens with zero attached hydrogens (tertiary/aromatic N) is 4. The average Bonchev–Trinajstić information content (AvgIpc) is 3.55. The molecule has 41 heavy (non-hydrogen) atoms. The molecule has 0 bridgehead atoms. The lowest BCUT2D eigenvalue weighted by Crippen LogP contribution is -2.46. The third kappa shape index (κ3) is 6.81. The molecule has 1 amide bonds. The highest BCUT2D eigenvalue weighted by Crippen LogP contribution is 2.45. The second-order valence-corrected chi connectivity index (χ2v) is 9.33. The molecule has 0 spiro atoms. The SMILES string of the molecule is Cn1nc(OC(F)(F)C(F)C(F)(F)F)c(C(F)(F)F)c1N=CC(=CN)c1cc(Cl)c(Cl)c(C(=O)NC2(C#N)CC2)c1. The van der Waals surface area contributed by atoms with E-state index < -0.39 is 53.3 Å². The highest BCUT2D eigenvalue weighted by molar-refractivity contribution is 6.44. The molecule has 19 heteroatoms. The van der Waals surface area contributed by atoms with Crippen LogP contribution in [0, 0.1) is 11.3 Å². The van der Waals surface area contributed by atoms with Crippen LogP contribution >= 0.6 is 23.2 Å². The molecule has 1 aromatic heterocycles. The number of hydrogen-bond acceptors (Lipinski definition) is 6. The minimum Gasteiger partial charge on any atom is -0.410 e. The van der Waals surface area contributed by atoms with E-state index in [1.165, 1.54) is 0 Å². The number of amides is 1. The van der Waals surface area contributed by atoms with E-state index in [0.717, 1.165) is 25.4 Å². The number of carbonyl (C=O) groups excluding carboxylic acids is 1. The van der Waals surface area contributed by atoms with Crippen molar-refractivity contribution in [3.63, 3.8) is 0 Å². The number of benzene rings is 1. The van der Waals surface area contributed by atoms with Gasteiger partial charge in [-0.2, -0.15) is 40.4 Å². The molecule has 3 N–H and O–H groups in total. The summed E-state index contributed by atoms with van der Waals surface area (Å²) in [7, 11) is 0.764. The van der Waals surface area contributed by atoms with Gasteiger partial charge in [0.25, 0.3) is 18.0 Å². The van der Waals surface area contributed by atoms with Crippen LogP contribution in [0.4, 0.5) is 45.3 Å². The van der Waals surface area contributed by atoms with Gasteiger partial charge in [0, 0.05) is 25.0 Å².